The first-order valence-corrected chi connectivity index (χ1v) is 13.6. The lowest BCUT2D eigenvalue weighted by Crippen LogP contribution is -2.37. The number of esters is 1. The third-order valence-corrected chi connectivity index (χ3v) is 8.04. The predicted molar refractivity (Wildman–Crippen MR) is 132 cm³/mol. The molecular weight excluding hydrogens is 432 g/mol. The molecule has 4 unspecified atom stereocenters. The Morgan fingerprint density at radius 1 is 0.676 bits per heavy atom. The first kappa shape index (κ1) is 27.4. The summed E-state index contributed by atoms with van der Waals surface area (Å²) < 4.78 is 17.2. The number of hydrogen-bond donors (Lipinski definition) is 0. The Kier molecular flexibility index (Phi) is 12.7. The van der Waals surface area contributed by atoms with Gasteiger partial charge in [-0.1, -0.05) is 12.7 Å². The Balaban J connectivity index is 1.24. The van der Waals surface area contributed by atoms with Crippen molar-refractivity contribution >= 4 is 5.97 Å². The van der Waals surface area contributed by atoms with E-state index >= 15 is 0 Å². The number of fused-ring (bicyclic) bond motifs is 1. The van der Waals surface area contributed by atoms with Crippen molar-refractivity contribution in [3.63, 3.8) is 0 Å². The molecule has 0 aliphatic heterocycles. The number of ether oxygens (including phenoxy) is 3. The molecule has 3 aliphatic carbocycles. The minimum Gasteiger partial charge on any atom is -0.462 e. The Hall–Kier alpha value is -1.21. The monoisotopic (exact) mass is 478 g/mol. The second-order valence-corrected chi connectivity index (χ2v) is 10.3. The summed E-state index contributed by atoms with van der Waals surface area (Å²) >= 11 is 0. The molecule has 0 aromatic heterocycles. The molecule has 6 nitrogen and oxygen atoms in total. The van der Waals surface area contributed by atoms with Crippen LogP contribution in [0, 0.1) is 23.7 Å². The zero-order valence-corrected chi connectivity index (χ0v) is 21.0. The van der Waals surface area contributed by atoms with Crippen LogP contribution in [0.5, 0.6) is 0 Å². The molecule has 4 atom stereocenters. The van der Waals surface area contributed by atoms with Gasteiger partial charge in [0, 0.05) is 19.1 Å². The van der Waals surface area contributed by atoms with E-state index in [-0.39, 0.29) is 5.97 Å². The van der Waals surface area contributed by atoms with Crippen molar-refractivity contribution in [3.8, 4) is 0 Å². The molecule has 3 rings (SSSR count). The van der Waals surface area contributed by atoms with Gasteiger partial charge in [0.1, 0.15) is 6.61 Å². The van der Waals surface area contributed by atoms with E-state index in [1.54, 1.807) is 6.08 Å². The summed E-state index contributed by atoms with van der Waals surface area (Å²) in [5.41, 5.74) is 0. The van der Waals surface area contributed by atoms with Gasteiger partial charge < -0.3 is 14.2 Å². The maximum absolute atomic E-state index is 11.1. The van der Waals surface area contributed by atoms with Gasteiger partial charge in [0.25, 0.3) is 0 Å². The molecular formula is C28H46O6. The fourth-order valence-electron chi connectivity index (χ4n) is 6.25. The third-order valence-electron chi connectivity index (χ3n) is 8.04. The normalized spacial score (nSPS) is 31.4. The fraction of sp³-hybridized carbons (Fsp3) is 0.821. The van der Waals surface area contributed by atoms with Crippen LogP contribution in [0.15, 0.2) is 25.3 Å². The molecule has 3 fully saturated rings. The molecule has 6 heteroatoms. The summed E-state index contributed by atoms with van der Waals surface area (Å²) in [5, 5.41) is 0. The molecule has 0 aromatic carbocycles. The van der Waals surface area contributed by atoms with Gasteiger partial charge in [-0.15, -0.1) is 6.58 Å². The molecule has 34 heavy (non-hydrogen) atoms. The van der Waals surface area contributed by atoms with E-state index in [4.69, 9.17) is 24.0 Å². The van der Waals surface area contributed by atoms with Crippen LogP contribution in [0.1, 0.15) is 77.0 Å². The van der Waals surface area contributed by atoms with Crippen molar-refractivity contribution in [2.75, 3.05) is 33.0 Å². The van der Waals surface area contributed by atoms with E-state index < -0.39 is 0 Å². The first-order valence-electron chi connectivity index (χ1n) is 13.6. The predicted octanol–water partition coefficient (Wildman–Crippen LogP) is 5.81. The summed E-state index contributed by atoms with van der Waals surface area (Å²) in [6, 6.07) is 0. The van der Waals surface area contributed by atoms with Crippen molar-refractivity contribution in [1.82, 2.24) is 0 Å². The van der Waals surface area contributed by atoms with Crippen molar-refractivity contribution in [2.24, 2.45) is 23.7 Å². The molecule has 0 heterocycles. The number of carbonyl (C=O) groups excluding carboxylic acids is 1. The molecule has 0 spiro atoms. The summed E-state index contributed by atoms with van der Waals surface area (Å²) in [4.78, 5) is 21.1. The van der Waals surface area contributed by atoms with Gasteiger partial charge in [-0.05, 0) is 94.3 Å². The second-order valence-electron chi connectivity index (χ2n) is 10.3. The van der Waals surface area contributed by atoms with Crippen molar-refractivity contribution < 1.29 is 28.8 Å². The highest BCUT2D eigenvalue weighted by atomic mass is 17.2. The van der Waals surface area contributed by atoms with Crippen LogP contribution in [-0.4, -0.2) is 51.2 Å². The molecule has 0 N–H and O–H groups in total. The molecule has 0 radical (unpaired) electrons. The van der Waals surface area contributed by atoms with Crippen LogP contribution >= 0.6 is 0 Å². The highest BCUT2D eigenvalue weighted by Gasteiger charge is 2.39. The zero-order valence-electron chi connectivity index (χ0n) is 21.0. The quantitative estimate of drug-likeness (QED) is 0.0739. The van der Waals surface area contributed by atoms with Gasteiger partial charge in [0.15, 0.2) is 0 Å². The molecule has 0 saturated heterocycles. The van der Waals surface area contributed by atoms with E-state index in [0.717, 1.165) is 43.1 Å². The lowest BCUT2D eigenvalue weighted by atomic mass is 9.62. The first-order chi connectivity index (χ1) is 16.7. The Labute approximate surface area is 206 Å². The van der Waals surface area contributed by atoms with Crippen LogP contribution in [0.2, 0.25) is 0 Å². The minimum absolute atomic E-state index is 0.352. The molecule has 0 amide bonds. The van der Waals surface area contributed by atoms with Gasteiger partial charge in [0.2, 0.25) is 0 Å². The van der Waals surface area contributed by atoms with Gasteiger partial charge in [0.05, 0.1) is 32.0 Å². The molecule has 194 valence electrons. The zero-order chi connectivity index (χ0) is 24.0. The molecule has 0 bridgehead atoms. The summed E-state index contributed by atoms with van der Waals surface area (Å²) in [7, 11) is 0. The molecule has 0 aromatic rings. The lowest BCUT2D eigenvalue weighted by Gasteiger charge is -2.45. The minimum atomic E-state index is -0.352. The van der Waals surface area contributed by atoms with Crippen molar-refractivity contribution in [1.29, 1.82) is 0 Å². The van der Waals surface area contributed by atoms with Crippen LogP contribution < -0.4 is 0 Å². The van der Waals surface area contributed by atoms with Crippen molar-refractivity contribution in [2.45, 2.75) is 89.3 Å². The summed E-state index contributed by atoms with van der Waals surface area (Å²) in [6.07, 6.45) is 18.3. The average molecular weight is 479 g/mol. The van der Waals surface area contributed by atoms with E-state index in [1.165, 1.54) is 70.3 Å². The lowest BCUT2D eigenvalue weighted by molar-refractivity contribution is -0.287. The summed E-state index contributed by atoms with van der Waals surface area (Å²) in [6.45, 7) is 9.85. The van der Waals surface area contributed by atoms with Gasteiger partial charge in [-0.25, -0.2) is 14.6 Å². The molecule has 3 saturated carbocycles. The SMILES string of the molecule is C=CCOOCCCOC1CCC(C2CCC3CC(OCCCOC(=O)C=C)CCC3C2)CC1. The average Bonchev–Trinajstić information content (AvgIpc) is 2.87. The van der Waals surface area contributed by atoms with E-state index in [1.807, 2.05) is 0 Å². The van der Waals surface area contributed by atoms with E-state index in [9.17, 15) is 4.79 Å². The Morgan fingerprint density at radius 3 is 2.00 bits per heavy atom. The topological polar surface area (TPSA) is 63.2 Å². The second kappa shape index (κ2) is 15.7. The van der Waals surface area contributed by atoms with Crippen molar-refractivity contribution in [3.05, 3.63) is 25.3 Å². The fourth-order valence-corrected chi connectivity index (χ4v) is 6.25. The number of hydrogen-bond acceptors (Lipinski definition) is 6. The van der Waals surface area contributed by atoms with Crippen LogP contribution in [0.25, 0.3) is 0 Å². The summed E-state index contributed by atoms with van der Waals surface area (Å²) in [5.74, 6) is 3.18. The smallest absolute Gasteiger partial charge is 0.330 e. The maximum atomic E-state index is 11.1. The highest BCUT2D eigenvalue weighted by Crippen LogP contribution is 2.48. The van der Waals surface area contributed by atoms with Crippen LogP contribution in [-0.2, 0) is 28.8 Å². The Bertz CT molecular complexity index is 600. The third kappa shape index (κ3) is 9.44. The number of rotatable bonds is 15. The van der Waals surface area contributed by atoms with Gasteiger partial charge in [-0.2, -0.15) is 0 Å². The van der Waals surface area contributed by atoms with Gasteiger partial charge >= 0.3 is 5.97 Å². The van der Waals surface area contributed by atoms with Gasteiger partial charge in [-0.3, -0.25) is 0 Å². The van der Waals surface area contributed by atoms with Crippen LogP contribution in [0.4, 0.5) is 0 Å². The largest absolute Gasteiger partial charge is 0.462 e. The Morgan fingerprint density at radius 2 is 1.26 bits per heavy atom. The van der Waals surface area contributed by atoms with Crippen LogP contribution in [0.3, 0.4) is 0 Å². The maximum Gasteiger partial charge on any atom is 0.330 e. The molecule has 3 aliphatic rings. The van der Waals surface area contributed by atoms with E-state index in [0.29, 0.717) is 38.6 Å². The number of carbonyl (C=O) groups is 1. The van der Waals surface area contributed by atoms with E-state index in [2.05, 4.69) is 13.2 Å². The highest BCUT2D eigenvalue weighted by molar-refractivity contribution is 5.81. The standard InChI is InChI=1S/C28H46O6/c1-3-15-33-34-19-6-17-30-26-12-9-22(10-13-26)23-7-8-25-21-27(14-11-24(25)20-23)31-16-5-18-32-28(29)4-2/h3-4,22-27H,1-2,5-21H2.